The molecule has 162 valence electrons. The molecule has 7 heteroatoms. The molecule has 30 heavy (non-hydrogen) atoms. The fourth-order valence-electron chi connectivity index (χ4n) is 3.85. The van der Waals surface area contributed by atoms with Crippen LogP contribution >= 0.6 is 11.3 Å². The summed E-state index contributed by atoms with van der Waals surface area (Å²) < 4.78 is 1.81. The van der Waals surface area contributed by atoms with Gasteiger partial charge in [-0.15, -0.1) is 0 Å². The lowest BCUT2D eigenvalue weighted by Crippen LogP contribution is -2.41. The Morgan fingerprint density at radius 2 is 1.80 bits per heavy atom. The Morgan fingerprint density at radius 3 is 2.43 bits per heavy atom. The van der Waals surface area contributed by atoms with Crippen LogP contribution in [0.25, 0.3) is 0 Å². The van der Waals surface area contributed by atoms with E-state index in [1.165, 1.54) is 0 Å². The van der Waals surface area contributed by atoms with Crippen LogP contribution in [0.4, 0.5) is 0 Å². The van der Waals surface area contributed by atoms with Crippen molar-refractivity contribution < 1.29 is 9.59 Å². The molecule has 2 aromatic rings. The molecule has 3 rings (SSSR count). The lowest BCUT2D eigenvalue weighted by Gasteiger charge is -2.27. The van der Waals surface area contributed by atoms with E-state index in [4.69, 9.17) is 0 Å². The van der Waals surface area contributed by atoms with E-state index in [1.807, 2.05) is 22.9 Å². The smallest absolute Gasteiger partial charge is 0.259 e. The monoisotopic (exact) mass is 429 g/mol. The molecule has 1 unspecified atom stereocenters. The minimum absolute atomic E-state index is 0.0377. The molecule has 0 spiro atoms. The van der Waals surface area contributed by atoms with Crippen molar-refractivity contribution in [2.45, 2.75) is 59.0 Å². The van der Waals surface area contributed by atoms with Gasteiger partial charge < -0.3 is 14.8 Å². The molecule has 0 aromatic carbocycles. The average molecular weight is 430 g/mol. The highest BCUT2D eigenvalue weighted by atomic mass is 32.1. The molecule has 1 aliphatic heterocycles. The third kappa shape index (κ3) is 5.59. The zero-order chi connectivity index (χ0) is 21.7. The lowest BCUT2D eigenvalue weighted by atomic mass is 10.1. The topological polar surface area (TPSA) is 71.4 Å². The number of thiophene rings is 1. The highest BCUT2D eigenvalue weighted by Gasteiger charge is 2.25. The number of nitrogens with zero attached hydrogens (tertiary/aromatic N) is 2. The first-order valence-electron chi connectivity index (χ1n) is 10.7. The van der Waals surface area contributed by atoms with Gasteiger partial charge in [0.2, 0.25) is 5.43 Å². The fourth-order valence-corrected chi connectivity index (χ4v) is 4.54. The van der Waals surface area contributed by atoms with Crippen molar-refractivity contribution in [3.05, 3.63) is 56.1 Å². The molecule has 3 heterocycles. The predicted octanol–water partition coefficient (Wildman–Crippen LogP) is 3.55. The second kappa shape index (κ2) is 10.1. The first-order chi connectivity index (χ1) is 14.3. The first-order valence-corrected chi connectivity index (χ1v) is 11.6. The van der Waals surface area contributed by atoms with E-state index in [1.54, 1.807) is 28.6 Å². The summed E-state index contributed by atoms with van der Waals surface area (Å²) in [6.07, 6.45) is 6.90. The number of piperidine rings is 1. The van der Waals surface area contributed by atoms with E-state index in [9.17, 15) is 14.4 Å². The van der Waals surface area contributed by atoms with E-state index in [0.717, 1.165) is 24.8 Å². The molecule has 1 aliphatic rings. The number of nitrogens with one attached hydrogen (secondary N) is 1. The number of amides is 2. The van der Waals surface area contributed by atoms with Gasteiger partial charge in [-0.05, 0) is 60.9 Å². The van der Waals surface area contributed by atoms with Crippen LogP contribution in [0, 0.1) is 5.92 Å². The van der Waals surface area contributed by atoms with Gasteiger partial charge in [-0.2, -0.15) is 11.3 Å². The maximum Gasteiger partial charge on any atom is 0.259 e. The molecule has 1 N–H and O–H groups in total. The Hall–Kier alpha value is -2.41. The predicted molar refractivity (Wildman–Crippen MR) is 120 cm³/mol. The molecule has 1 saturated heterocycles. The second-order valence-corrected chi connectivity index (χ2v) is 9.35. The Balaban J connectivity index is 1.87. The lowest BCUT2D eigenvalue weighted by molar-refractivity contribution is 0.0722. The van der Waals surface area contributed by atoms with Gasteiger partial charge in [0.1, 0.15) is 11.1 Å². The Morgan fingerprint density at radius 1 is 1.10 bits per heavy atom. The molecule has 0 radical (unpaired) electrons. The van der Waals surface area contributed by atoms with Crippen molar-refractivity contribution in [3.63, 3.8) is 0 Å². The number of carbonyl (C=O) groups is 2. The number of rotatable bonds is 7. The van der Waals surface area contributed by atoms with E-state index < -0.39 is 11.3 Å². The maximum absolute atomic E-state index is 13.1. The summed E-state index contributed by atoms with van der Waals surface area (Å²) in [7, 11) is 0. The van der Waals surface area contributed by atoms with Crippen LogP contribution < -0.4 is 10.7 Å². The van der Waals surface area contributed by atoms with Crippen LogP contribution in [0.15, 0.2) is 34.0 Å². The summed E-state index contributed by atoms with van der Waals surface area (Å²) >= 11 is 1.62. The molecular formula is C23H31N3O3S. The van der Waals surface area contributed by atoms with E-state index in [2.05, 4.69) is 24.5 Å². The Kier molecular flexibility index (Phi) is 7.48. The van der Waals surface area contributed by atoms with Crippen molar-refractivity contribution in [2.75, 3.05) is 13.1 Å². The average Bonchev–Trinajstić information content (AvgIpc) is 3.21. The molecule has 1 atom stereocenters. The summed E-state index contributed by atoms with van der Waals surface area (Å²) in [6, 6.07) is 1.91. The molecule has 0 saturated carbocycles. The molecule has 2 aromatic heterocycles. The maximum atomic E-state index is 13.1. The van der Waals surface area contributed by atoms with Crippen molar-refractivity contribution in [3.8, 4) is 0 Å². The van der Waals surface area contributed by atoms with E-state index in [-0.39, 0.29) is 23.1 Å². The summed E-state index contributed by atoms with van der Waals surface area (Å²) in [5, 5.41) is 6.98. The summed E-state index contributed by atoms with van der Waals surface area (Å²) in [4.78, 5) is 40.8. The van der Waals surface area contributed by atoms with Gasteiger partial charge in [0, 0.05) is 38.1 Å². The van der Waals surface area contributed by atoms with Crippen LogP contribution in [0.1, 0.15) is 66.3 Å². The highest BCUT2D eigenvalue weighted by molar-refractivity contribution is 7.07. The van der Waals surface area contributed by atoms with E-state index >= 15 is 0 Å². The minimum Gasteiger partial charge on any atom is -0.352 e. The zero-order valence-corrected chi connectivity index (χ0v) is 18.8. The summed E-state index contributed by atoms with van der Waals surface area (Å²) in [5.41, 5.74) is 0.802. The van der Waals surface area contributed by atoms with Crippen LogP contribution in [0.2, 0.25) is 0 Å². The third-order valence-electron chi connectivity index (χ3n) is 5.27. The highest BCUT2D eigenvalue weighted by Crippen LogP contribution is 2.13. The molecule has 1 fully saturated rings. The number of likely N-dealkylation sites (tertiary alicyclic amines) is 1. The normalized spacial score (nSPS) is 15.3. The van der Waals surface area contributed by atoms with Crippen LogP contribution in [0.5, 0.6) is 0 Å². The largest absolute Gasteiger partial charge is 0.352 e. The summed E-state index contributed by atoms with van der Waals surface area (Å²) in [5.74, 6) is -0.370. The quantitative estimate of drug-likeness (QED) is 0.732. The van der Waals surface area contributed by atoms with Crippen molar-refractivity contribution in [2.24, 2.45) is 5.92 Å². The van der Waals surface area contributed by atoms with Gasteiger partial charge in [0.15, 0.2) is 0 Å². The van der Waals surface area contributed by atoms with Crippen LogP contribution in [0.3, 0.4) is 0 Å². The molecule has 0 aliphatic carbocycles. The van der Waals surface area contributed by atoms with Gasteiger partial charge >= 0.3 is 0 Å². The standard InChI is InChI=1S/C23H31N3O3S/c1-16(2)12-25-13-19(22(28)24-17(3)11-18-7-10-30-15-18)21(27)20(14-25)23(29)26-8-5-4-6-9-26/h7,10,13-17H,4-6,8-9,11-12H2,1-3H3,(H,24,28). The van der Waals surface area contributed by atoms with Gasteiger partial charge in [0.05, 0.1) is 0 Å². The summed E-state index contributed by atoms with van der Waals surface area (Å²) in [6.45, 7) is 8.00. The SMILES string of the molecule is CC(C)Cn1cc(C(=O)NC(C)Cc2ccsc2)c(=O)c(C(=O)N2CCCCC2)c1. The molecule has 6 nitrogen and oxygen atoms in total. The van der Waals surface area contributed by atoms with Gasteiger partial charge in [0.25, 0.3) is 11.8 Å². The number of hydrogen-bond donors (Lipinski definition) is 1. The third-order valence-corrected chi connectivity index (χ3v) is 6.00. The first kappa shape index (κ1) is 22.3. The van der Waals surface area contributed by atoms with Crippen molar-refractivity contribution >= 4 is 23.2 Å². The number of pyridine rings is 1. The van der Waals surface area contributed by atoms with Crippen molar-refractivity contribution in [1.29, 1.82) is 0 Å². The molecular weight excluding hydrogens is 398 g/mol. The van der Waals surface area contributed by atoms with E-state index in [0.29, 0.717) is 32.0 Å². The number of carbonyl (C=O) groups excluding carboxylic acids is 2. The Bertz CT molecular complexity index is 928. The van der Waals surface area contributed by atoms with Gasteiger partial charge in [-0.3, -0.25) is 14.4 Å². The fraction of sp³-hybridized carbons (Fsp3) is 0.522. The molecule has 0 bridgehead atoms. The van der Waals surface area contributed by atoms with Gasteiger partial charge in [-0.25, -0.2) is 0 Å². The Labute approximate surface area is 181 Å². The van der Waals surface area contributed by atoms with Crippen molar-refractivity contribution in [1.82, 2.24) is 14.8 Å². The second-order valence-electron chi connectivity index (χ2n) is 8.57. The minimum atomic E-state index is -0.481. The zero-order valence-electron chi connectivity index (χ0n) is 18.0. The van der Waals surface area contributed by atoms with Crippen LogP contribution in [-0.4, -0.2) is 40.4 Å². The molecule has 2 amide bonds. The van der Waals surface area contributed by atoms with Gasteiger partial charge in [-0.1, -0.05) is 13.8 Å². The van der Waals surface area contributed by atoms with Crippen LogP contribution in [-0.2, 0) is 13.0 Å². The number of hydrogen-bond acceptors (Lipinski definition) is 4. The number of aromatic nitrogens is 1.